The zero-order valence-electron chi connectivity index (χ0n) is 11.9. The fourth-order valence-corrected chi connectivity index (χ4v) is 1.95. The normalized spacial score (nSPS) is 16.3. The van der Waals surface area contributed by atoms with E-state index in [1.54, 1.807) is 32.0 Å². The van der Waals surface area contributed by atoms with E-state index in [2.05, 4.69) is 5.32 Å². The first-order valence-electron chi connectivity index (χ1n) is 6.57. The zero-order chi connectivity index (χ0) is 15.6. The van der Waals surface area contributed by atoms with Crippen molar-refractivity contribution in [2.45, 2.75) is 38.5 Å². The Labute approximate surface area is 122 Å². The van der Waals surface area contributed by atoms with Gasteiger partial charge in [-0.25, -0.2) is 0 Å². The zero-order valence-corrected chi connectivity index (χ0v) is 11.9. The molecular formula is C14H18N2O5. The van der Waals surface area contributed by atoms with Crippen LogP contribution in [0.25, 0.3) is 0 Å². The predicted octanol–water partition coefficient (Wildman–Crippen LogP) is 1.32. The van der Waals surface area contributed by atoms with Gasteiger partial charge in [0, 0.05) is 32.0 Å². The molecule has 0 bridgehead atoms. The van der Waals surface area contributed by atoms with E-state index in [4.69, 9.17) is 20.3 Å². The Morgan fingerprint density at radius 3 is 2.67 bits per heavy atom. The summed E-state index contributed by atoms with van der Waals surface area (Å²) >= 11 is 0. The van der Waals surface area contributed by atoms with E-state index in [1.165, 1.54) is 0 Å². The molecule has 0 radical (unpaired) electrons. The molecule has 1 unspecified atom stereocenters. The number of aliphatic carboxylic acids is 1. The first-order valence-corrected chi connectivity index (χ1v) is 6.57. The van der Waals surface area contributed by atoms with E-state index in [-0.39, 0.29) is 12.8 Å². The van der Waals surface area contributed by atoms with Crippen molar-refractivity contribution < 1.29 is 24.2 Å². The number of nitrogens with two attached hydrogens (primary N) is 1. The molecule has 7 nitrogen and oxygen atoms in total. The van der Waals surface area contributed by atoms with Crippen LogP contribution in [0.4, 0.5) is 5.69 Å². The van der Waals surface area contributed by atoms with Crippen molar-refractivity contribution in [1.29, 1.82) is 0 Å². The van der Waals surface area contributed by atoms with Crippen LogP contribution in [0.1, 0.15) is 26.7 Å². The van der Waals surface area contributed by atoms with Crippen molar-refractivity contribution >= 4 is 17.6 Å². The maximum atomic E-state index is 11.9. The molecule has 1 aliphatic rings. The Morgan fingerprint density at radius 1 is 1.33 bits per heavy atom. The van der Waals surface area contributed by atoms with Gasteiger partial charge in [-0.05, 0) is 18.6 Å². The van der Waals surface area contributed by atoms with Gasteiger partial charge in [0.25, 0.3) is 0 Å². The number of hydrogen-bond acceptors (Lipinski definition) is 5. The van der Waals surface area contributed by atoms with E-state index in [0.29, 0.717) is 17.2 Å². The number of anilines is 1. The quantitative estimate of drug-likeness (QED) is 0.755. The van der Waals surface area contributed by atoms with Crippen LogP contribution >= 0.6 is 0 Å². The number of hydrogen-bond donors (Lipinski definition) is 3. The minimum atomic E-state index is -0.983. The minimum Gasteiger partial charge on any atom is -0.481 e. The SMILES string of the molecule is CC1(C)Oc2ccc(NC(=O)C(N)CCC(=O)O)cc2O1. The van der Waals surface area contributed by atoms with Gasteiger partial charge in [-0.2, -0.15) is 0 Å². The molecule has 114 valence electrons. The molecule has 0 saturated carbocycles. The average Bonchev–Trinajstić information content (AvgIpc) is 2.68. The lowest BCUT2D eigenvalue weighted by Gasteiger charge is -2.16. The molecule has 0 saturated heterocycles. The van der Waals surface area contributed by atoms with Crippen LogP contribution in [0.2, 0.25) is 0 Å². The van der Waals surface area contributed by atoms with Crippen molar-refractivity contribution in [2.24, 2.45) is 5.73 Å². The first kappa shape index (κ1) is 15.1. The Kier molecular flexibility index (Phi) is 4.04. The van der Waals surface area contributed by atoms with Crippen molar-refractivity contribution in [3.8, 4) is 11.5 Å². The summed E-state index contributed by atoms with van der Waals surface area (Å²) in [5.74, 6) is -1.01. The number of carboxylic acid groups (broad SMARTS) is 1. The number of nitrogens with one attached hydrogen (secondary N) is 1. The van der Waals surface area contributed by atoms with Gasteiger partial charge in [0.2, 0.25) is 11.7 Å². The fourth-order valence-electron chi connectivity index (χ4n) is 1.95. The Morgan fingerprint density at radius 2 is 2.00 bits per heavy atom. The number of carbonyl (C=O) groups is 2. The number of rotatable bonds is 5. The van der Waals surface area contributed by atoms with Crippen molar-refractivity contribution in [3.63, 3.8) is 0 Å². The number of fused-ring (bicyclic) bond motifs is 1. The lowest BCUT2D eigenvalue weighted by molar-refractivity contribution is -0.137. The molecule has 0 aromatic heterocycles. The summed E-state index contributed by atoms with van der Waals surface area (Å²) in [4.78, 5) is 22.3. The number of carboxylic acids is 1. The lowest BCUT2D eigenvalue weighted by Crippen LogP contribution is -2.36. The number of amides is 1. The van der Waals surface area contributed by atoms with Crippen LogP contribution in [-0.4, -0.2) is 28.8 Å². The Balaban J connectivity index is 1.98. The summed E-state index contributed by atoms with van der Waals surface area (Å²) in [5.41, 5.74) is 6.16. The van der Waals surface area contributed by atoms with Gasteiger partial charge in [0.05, 0.1) is 6.04 Å². The Hall–Kier alpha value is -2.28. The van der Waals surface area contributed by atoms with Gasteiger partial charge >= 0.3 is 5.97 Å². The average molecular weight is 294 g/mol. The van der Waals surface area contributed by atoms with Crippen LogP contribution in [-0.2, 0) is 9.59 Å². The summed E-state index contributed by atoms with van der Waals surface area (Å²) in [7, 11) is 0. The largest absolute Gasteiger partial charge is 0.481 e. The van der Waals surface area contributed by atoms with E-state index < -0.39 is 23.7 Å². The molecule has 1 aliphatic heterocycles. The second-order valence-corrected chi connectivity index (χ2v) is 5.29. The summed E-state index contributed by atoms with van der Waals surface area (Å²) in [5, 5.41) is 11.2. The van der Waals surface area contributed by atoms with Gasteiger partial charge in [-0.15, -0.1) is 0 Å². The summed E-state index contributed by atoms with van der Waals surface area (Å²) < 4.78 is 11.1. The highest BCUT2D eigenvalue weighted by Gasteiger charge is 2.31. The highest BCUT2D eigenvalue weighted by Crippen LogP contribution is 2.40. The number of ether oxygens (including phenoxy) is 2. The van der Waals surface area contributed by atoms with Crippen LogP contribution < -0.4 is 20.5 Å². The monoisotopic (exact) mass is 294 g/mol. The maximum absolute atomic E-state index is 11.9. The topological polar surface area (TPSA) is 111 Å². The molecular weight excluding hydrogens is 276 g/mol. The third-order valence-corrected chi connectivity index (χ3v) is 2.93. The second-order valence-electron chi connectivity index (χ2n) is 5.29. The van der Waals surface area contributed by atoms with Crippen molar-refractivity contribution in [1.82, 2.24) is 0 Å². The highest BCUT2D eigenvalue weighted by atomic mass is 16.7. The predicted molar refractivity (Wildman–Crippen MR) is 75.3 cm³/mol. The van der Waals surface area contributed by atoms with E-state index in [9.17, 15) is 9.59 Å². The molecule has 1 aromatic carbocycles. The van der Waals surface area contributed by atoms with Gasteiger partial charge < -0.3 is 25.6 Å². The molecule has 1 heterocycles. The fraction of sp³-hybridized carbons (Fsp3) is 0.429. The Bertz CT molecular complexity index is 570. The standard InChI is InChI=1S/C14H18N2O5/c1-14(2)20-10-5-3-8(7-11(10)21-14)16-13(19)9(15)4-6-12(17)18/h3,5,7,9H,4,6,15H2,1-2H3,(H,16,19)(H,17,18). The van der Waals surface area contributed by atoms with Crippen LogP contribution in [0.3, 0.4) is 0 Å². The third-order valence-electron chi connectivity index (χ3n) is 2.93. The number of carbonyl (C=O) groups excluding carboxylic acids is 1. The van der Waals surface area contributed by atoms with Crippen LogP contribution in [0.15, 0.2) is 18.2 Å². The molecule has 7 heteroatoms. The maximum Gasteiger partial charge on any atom is 0.303 e. The van der Waals surface area contributed by atoms with Gasteiger partial charge in [-0.3, -0.25) is 9.59 Å². The molecule has 4 N–H and O–H groups in total. The van der Waals surface area contributed by atoms with E-state index >= 15 is 0 Å². The smallest absolute Gasteiger partial charge is 0.303 e. The molecule has 0 aliphatic carbocycles. The molecule has 1 atom stereocenters. The second kappa shape index (κ2) is 5.61. The lowest BCUT2D eigenvalue weighted by atomic mass is 10.1. The molecule has 0 fully saturated rings. The minimum absolute atomic E-state index is 0.0821. The third kappa shape index (κ3) is 3.85. The summed E-state index contributed by atoms with van der Waals surface area (Å²) in [6.45, 7) is 3.57. The molecule has 0 spiro atoms. The first-order chi connectivity index (χ1) is 9.77. The molecule has 1 aromatic rings. The van der Waals surface area contributed by atoms with Crippen LogP contribution in [0.5, 0.6) is 11.5 Å². The molecule has 21 heavy (non-hydrogen) atoms. The molecule has 2 rings (SSSR count). The highest BCUT2D eigenvalue weighted by molar-refractivity contribution is 5.95. The van der Waals surface area contributed by atoms with Crippen molar-refractivity contribution in [3.05, 3.63) is 18.2 Å². The summed E-state index contributed by atoms with van der Waals surface area (Å²) in [6, 6.07) is 4.14. The van der Waals surface area contributed by atoms with E-state index in [0.717, 1.165) is 0 Å². The molecule has 1 amide bonds. The van der Waals surface area contributed by atoms with Gasteiger partial charge in [0.1, 0.15) is 0 Å². The van der Waals surface area contributed by atoms with Gasteiger partial charge in [0.15, 0.2) is 11.5 Å². The number of benzene rings is 1. The van der Waals surface area contributed by atoms with Gasteiger partial charge in [-0.1, -0.05) is 0 Å². The van der Waals surface area contributed by atoms with Crippen molar-refractivity contribution in [2.75, 3.05) is 5.32 Å². The van der Waals surface area contributed by atoms with E-state index in [1.807, 2.05) is 0 Å². The summed E-state index contributed by atoms with van der Waals surface area (Å²) in [6.07, 6.45) is -0.0668. The van der Waals surface area contributed by atoms with Crippen LogP contribution in [0, 0.1) is 0 Å².